The number of hydrogen-bond donors (Lipinski definition) is 1. The SMILES string of the molecule is O=[N+]([O-])c1cccn2nc(-c3ccccc3O)nc12. The molecule has 19 heavy (non-hydrogen) atoms. The van der Waals surface area contributed by atoms with Crippen molar-refractivity contribution in [1.29, 1.82) is 0 Å². The summed E-state index contributed by atoms with van der Waals surface area (Å²) in [4.78, 5) is 14.5. The number of hydrogen-bond acceptors (Lipinski definition) is 5. The van der Waals surface area contributed by atoms with Gasteiger partial charge in [0.2, 0.25) is 5.65 Å². The van der Waals surface area contributed by atoms with Crippen molar-refractivity contribution in [2.24, 2.45) is 0 Å². The van der Waals surface area contributed by atoms with Crippen molar-refractivity contribution in [3.63, 3.8) is 0 Å². The van der Waals surface area contributed by atoms with Gasteiger partial charge in [-0.25, -0.2) is 9.50 Å². The highest BCUT2D eigenvalue weighted by Gasteiger charge is 2.17. The predicted molar refractivity (Wildman–Crippen MR) is 66.7 cm³/mol. The van der Waals surface area contributed by atoms with E-state index < -0.39 is 4.92 Å². The largest absolute Gasteiger partial charge is 0.507 e. The van der Waals surface area contributed by atoms with Crippen LogP contribution in [0.3, 0.4) is 0 Å². The molecule has 3 rings (SSSR count). The number of phenolic OH excluding ortho intramolecular Hbond substituents is 1. The monoisotopic (exact) mass is 256 g/mol. The van der Waals surface area contributed by atoms with E-state index in [2.05, 4.69) is 10.1 Å². The second kappa shape index (κ2) is 4.05. The van der Waals surface area contributed by atoms with Crippen LogP contribution < -0.4 is 0 Å². The van der Waals surface area contributed by atoms with Gasteiger partial charge in [0.15, 0.2) is 5.82 Å². The van der Waals surface area contributed by atoms with Crippen LogP contribution in [0.25, 0.3) is 17.0 Å². The number of phenols is 1. The maximum absolute atomic E-state index is 10.9. The molecule has 7 heteroatoms. The molecule has 0 saturated carbocycles. The molecular formula is C12H8N4O3. The Labute approximate surface area is 106 Å². The maximum atomic E-state index is 10.9. The summed E-state index contributed by atoms with van der Waals surface area (Å²) < 4.78 is 1.32. The number of benzene rings is 1. The molecule has 0 radical (unpaired) electrons. The fraction of sp³-hybridized carbons (Fsp3) is 0. The first-order chi connectivity index (χ1) is 9.16. The molecule has 0 aliphatic rings. The lowest BCUT2D eigenvalue weighted by Gasteiger charge is -1.97. The van der Waals surface area contributed by atoms with Crippen molar-refractivity contribution < 1.29 is 10.0 Å². The Kier molecular flexibility index (Phi) is 2.38. The smallest absolute Gasteiger partial charge is 0.313 e. The van der Waals surface area contributed by atoms with E-state index in [1.54, 1.807) is 24.4 Å². The van der Waals surface area contributed by atoms with Gasteiger partial charge >= 0.3 is 5.69 Å². The Morgan fingerprint density at radius 2 is 2.00 bits per heavy atom. The molecule has 0 unspecified atom stereocenters. The first kappa shape index (κ1) is 11.1. The highest BCUT2D eigenvalue weighted by Crippen LogP contribution is 2.27. The second-order valence-electron chi connectivity index (χ2n) is 3.87. The van der Waals surface area contributed by atoms with E-state index in [1.807, 2.05) is 0 Å². The normalized spacial score (nSPS) is 10.7. The van der Waals surface area contributed by atoms with Crippen LogP contribution in [0.2, 0.25) is 0 Å². The summed E-state index contributed by atoms with van der Waals surface area (Å²) in [7, 11) is 0. The van der Waals surface area contributed by atoms with Crippen LogP contribution in [0.5, 0.6) is 5.75 Å². The van der Waals surface area contributed by atoms with Crippen molar-refractivity contribution in [2.75, 3.05) is 0 Å². The molecule has 0 bridgehead atoms. The van der Waals surface area contributed by atoms with E-state index in [0.29, 0.717) is 5.56 Å². The molecule has 2 aromatic heterocycles. The molecule has 7 nitrogen and oxygen atoms in total. The van der Waals surface area contributed by atoms with E-state index in [9.17, 15) is 15.2 Å². The van der Waals surface area contributed by atoms with Gasteiger partial charge in [-0.15, -0.1) is 5.10 Å². The quantitative estimate of drug-likeness (QED) is 0.559. The number of fused-ring (bicyclic) bond motifs is 1. The van der Waals surface area contributed by atoms with Gasteiger partial charge in [0.25, 0.3) is 0 Å². The fourth-order valence-electron chi connectivity index (χ4n) is 1.81. The van der Waals surface area contributed by atoms with E-state index in [0.717, 1.165) is 0 Å². The molecule has 3 aromatic rings. The zero-order valence-electron chi connectivity index (χ0n) is 9.59. The summed E-state index contributed by atoms with van der Waals surface area (Å²) >= 11 is 0. The molecule has 1 aromatic carbocycles. The average Bonchev–Trinajstić information content (AvgIpc) is 2.82. The minimum absolute atomic E-state index is 0.0288. The minimum Gasteiger partial charge on any atom is -0.507 e. The summed E-state index contributed by atoms with van der Waals surface area (Å²) in [6.07, 6.45) is 1.57. The molecule has 0 fully saturated rings. The molecule has 2 heterocycles. The van der Waals surface area contributed by atoms with Crippen molar-refractivity contribution in [1.82, 2.24) is 14.6 Å². The van der Waals surface area contributed by atoms with Gasteiger partial charge in [0.1, 0.15) is 5.75 Å². The van der Waals surface area contributed by atoms with Gasteiger partial charge in [-0.3, -0.25) is 10.1 Å². The van der Waals surface area contributed by atoms with Gasteiger partial charge in [-0.2, -0.15) is 0 Å². The Morgan fingerprint density at radius 3 is 2.74 bits per heavy atom. The molecular weight excluding hydrogens is 248 g/mol. The van der Waals surface area contributed by atoms with Crippen LogP contribution in [0.1, 0.15) is 0 Å². The Bertz CT molecular complexity index is 781. The van der Waals surface area contributed by atoms with Crippen LogP contribution >= 0.6 is 0 Å². The highest BCUT2D eigenvalue weighted by molar-refractivity contribution is 5.68. The van der Waals surface area contributed by atoms with Crippen molar-refractivity contribution in [3.8, 4) is 17.1 Å². The third-order valence-corrected chi connectivity index (χ3v) is 2.68. The number of nitro groups is 1. The van der Waals surface area contributed by atoms with Crippen molar-refractivity contribution >= 4 is 11.3 Å². The number of nitrogens with zero attached hydrogens (tertiary/aromatic N) is 4. The van der Waals surface area contributed by atoms with Gasteiger partial charge in [0.05, 0.1) is 10.5 Å². The number of rotatable bonds is 2. The van der Waals surface area contributed by atoms with E-state index in [4.69, 9.17) is 0 Å². The Hall–Kier alpha value is -2.96. The predicted octanol–water partition coefficient (Wildman–Crippen LogP) is 2.01. The van der Waals surface area contributed by atoms with E-state index >= 15 is 0 Å². The van der Waals surface area contributed by atoms with Crippen LogP contribution in [0.15, 0.2) is 42.6 Å². The third-order valence-electron chi connectivity index (χ3n) is 2.68. The van der Waals surface area contributed by atoms with Crippen LogP contribution in [0, 0.1) is 10.1 Å². The zero-order valence-corrected chi connectivity index (χ0v) is 9.59. The number of aromatic nitrogens is 3. The second-order valence-corrected chi connectivity index (χ2v) is 3.87. The molecule has 0 atom stereocenters. The summed E-state index contributed by atoms with van der Waals surface area (Å²) in [5.74, 6) is 0.272. The summed E-state index contributed by atoms with van der Waals surface area (Å²) in [5, 5.41) is 24.8. The molecule has 0 spiro atoms. The first-order valence-corrected chi connectivity index (χ1v) is 5.45. The van der Waals surface area contributed by atoms with Gasteiger partial charge in [-0.1, -0.05) is 12.1 Å². The minimum atomic E-state index is -0.515. The van der Waals surface area contributed by atoms with Gasteiger partial charge in [-0.05, 0) is 18.2 Å². The number of aromatic hydroxyl groups is 1. The molecule has 1 N–H and O–H groups in total. The zero-order chi connectivity index (χ0) is 13.4. The molecule has 94 valence electrons. The van der Waals surface area contributed by atoms with Gasteiger partial charge in [0, 0.05) is 12.3 Å². The topological polar surface area (TPSA) is 93.6 Å². The lowest BCUT2D eigenvalue weighted by molar-refractivity contribution is -0.383. The lowest BCUT2D eigenvalue weighted by Crippen LogP contribution is -1.93. The summed E-state index contributed by atoms with van der Waals surface area (Å²) in [6, 6.07) is 9.45. The maximum Gasteiger partial charge on any atom is 0.313 e. The lowest BCUT2D eigenvalue weighted by atomic mass is 10.2. The fourth-order valence-corrected chi connectivity index (χ4v) is 1.81. The van der Waals surface area contributed by atoms with E-state index in [-0.39, 0.29) is 22.9 Å². The standard InChI is InChI=1S/C12H8N4O3/c17-10-6-2-1-4-8(10)11-13-12-9(16(18)19)5-3-7-15(12)14-11/h1-7,17H. The number of para-hydroxylation sites is 1. The molecule has 0 aliphatic heterocycles. The molecule has 0 saturated heterocycles. The van der Waals surface area contributed by atoms with Crippen LogP contribution in [-0.2, 0) is 0 Å². The number of pyridine rings is 1. The summed E-state index contributed by atoms with van der Waals surface area (Å²) in [5.41, 5.74) is 0.447. The molecule has 0 amide bonds. The average molecular weight is 256 g/mol. The van der Waals surface area contributed by atoms with E-state index in [1.165, 1.54) is 22.7 Å². The van der Waals surface area contributed by atoms with Crippen molar-refractivity contribution in [2.45, 2.75) is 0 Å². The highest BCUT2D eigenvalue weighted by atomic mass is 16.6. The molecule has 0 aliphatic carbocycles. The van der Waals surface area contributed by atoms with Gasteiger partial charge < -0.3 is 5.11 Å². The Balaban J connectivity index is 2.26. The van der Waals surface area contributed by atoms with Crippen LogP contribution in [-0.4, -0.2) is 24.6 Å². The third kappa shape index (κ3) is 1.77. The van der Waals surface area contributed by atoms with Crippen LogP contribution in [0.4, 0.5) is 5.69 Å². The van der Waals surface area contributed by atoms with Crippen molar-refractivity contribution in [3.05, 3.63) is 52.7 Å². The Morgan fingerprint density at radius 1 is 1.21 bits per heavy atom. The first-order valence-electron chi connectivity index (χ1n) is 5.45. The summed E-state index contributed by atoms with van der Waals surface area (Å²) in [6.45, 7) is 0.